The van der Waals surface area contributed by atoms with E-state index in [1.807, 2.05) is 0 Å². The number of rotatable bonds is 10. The third kappa shape index (κ3) is 8.42. The first-order valence-electron chi connectivity index (χ1n) is 12.8. The van der Waals surface area contributed by atoms with Gasteiger partial charge in [-0.3, -0.25) is 13.9 Å². The van der Waals surface area contributed by atoms with Crippen molar-refractivity contribution in [2.75, 3.05) is 17.1 Å². The van der Waals surface area contributed by atoms with E-state index in [-0.39, 0.29) is 24.7 Å². The number of halogens is 4. The Balaban J connectivity index is 1.94. The number of nitrogens with zero attached hydrogens (tertiary/aromatic N) is 2. The zero-order chi connectivity index (χ0) is 28.8. The van der Waals surface area contributed by atoms with Gasteiger partial charge in [-0.2, -0.15) is 13.2 Å². The largest absolute Gasteiger partial charge is 0.416 e. The highest BCUT2D eigenvalue weighted by atomic mass is 32.2. The molecular formula is C27H33F4N3O4S. The molecule has 0 aromatic heterocycles. The average molecular weight is 572 g/mol. The van der Waals surface area contributed by atoms with Crippen LogP contribution in [-0.2, 0) is 32.3 Å². The third-order valence-corrected chi connectivity index (χ3v) is 7.88. The van der Waals surface area contributed by atoms with Crippen LogP contribution in [0.25, 0.3) is 0 Å². The van der Waals surface area contributed by atoms with Crippen LogP contribution in [0.15, 0.2) is 48.5 Å². The van der Waals surface area contributed by atoms with Gasteiger partial charge in [-0.1, -0.05) is 44.4 Å². The van der Waals surface area contributed by atoms with Crippen molar-refractivity contribution in [3.8, 4) is 0 Å². The monoisotopic (exact) mass is 571 g/mol. The SMILES string of the molecule is CC[C@H](C(=O)NC1CCCCC1)N(Cc1ccc(F)cc1)C(=O)CN(c1cccc(C(F)(F)F)c1)S(C)(=O)=O. The molecule has 0 unspecified atom stereocenters. The maximum atomic E-state index is 13.7. The molecule has 3 rings (SSSR count). The molecule has 1 fully saturated rings. The van der Waals surface area contributed by atoms with Gasteiger partial charge in [-0.05, 0) is 55.2 Å². The zero-order valence-electron chi connectivity index (χ0n) is 21.9. The molecule has 1 aliphatic rings. The lowest BCUT2D eigenvalue weighted by Gasteiger charge is -2.34. The molecule has 39 heavy (non-hydrogen) atoms. The minimum absolute atomic E-state index is 0.0410. The zero-order valence-corrected chi connectivity index (χ0v) is 22.7. The Hall–Kier alpha value is -3.15. The van der Waals surface area contributed by atoms with Crippen LogP contribution in [0, 0.1) is 5.82 Å². The maximum absolute atomic E-state index is 13.7. The van der Waals surface area contributed by atoms with Crippen LogP contribution in [0.4, 0.5) is 23.2 Å². The van der Waals surface area contributed by atoms with E-state index in [2.05, 4.69) is 5.32 Å². The Labute approximate surface area is 226 Å². The second kappa shape index (κ2) is 12.8. The fraction of sp³-hybridized carbons (Fsp3) is 0.481. The maximum Gasteiger partial charge on any atom is 0.416 e. The highest BCUT2D eigenvalue weighted by Gasteiger charge is 2.34. The number of carbonyl (C=O) groups excluding carboxylic acids is 2. The highest BCUT2D eigenvalue weighted by molar-refractivity contribution is 7.92. The third-order valence-electron chi connectivity index (χ3n) is 6.74. The summed E-state index contributed by atoms with van der Waals surface area (Å²) in [4.78, 5) is 28.2. The van der Waals surface area contributed by atoms with Gasteiger partial charge in [0.2, 0.25) is 21.8 Å². The van der Waals surface area contributed by atoms with E-state index in [0.29, 0.717) is 15.9 Å². The van der Waals surface area contributed by atoms with Crippen LogP contribution >= 0.6 is 0 Å². The summed E-state index contributed by atoms with van der Waals surface area (Å²) >= 11 is 0. The van der Waals surface area contributed by atoms with E-state index in [1.54, 1.807) is 6.92 Å². The first-order valence-corrected chi connectivity index (χ1v) is 14.6. The first kappa shape index (κ1) is 30.4. The first-order chi connectivity index (χ1) is 18.3. The Kier molecular flexibility index (Phi) is 9.98. The van der Waals surface area contributed by atoms with Crippen LogP contribution < -0.4 is 9.62 Å². The van der Waals surface area contributed by atoms with Gasteiger partial charge < -0.3 is 10.2 Å². The van der Waals surface area contributed by atoms with Crippen molar-refractivity contribution in [1.82, 2.24) is 10.2 Å². The Morgan fingerprint density at radius 1 is 1.05 bits per heavy atom. The van der Waals surface area contributed by atoms with E-state index in [0.717, 1.165) is 50.5 Å². The van der Waals surface area contributed by atoms with Crippen molar-refractivity contribution in [3.05, 3.63) is 65.5 Å². The van der Waals surface area contributed by atoms with Crippen LogP contribution in [0.5, 0.6) is 0 Å². The number of alkyl halides is 3. The normalized spacial score (nSPS) is 15.4. The van der Waals surface area contributed by atoms with Crippen LogP contribution in [-0.4, -0.2) is 50.0 Å². The number of sulfonamides is 1. The summed E-state index contributed by atoms with van der Waals surface area (Å²) in [5.41, 5.74) is -0.900. The number of anilines is 1. The lowest BCUT2D eigenvalue weighted by Crippen LogP contribution is -2.54. The minimum Gasteiger partial charge on any atom is -0.352 e. The van der Waals surface area contributed by atoms with Gasteiger partial charge in [0.1, 0.15) is 18.4 Å². The highest BCUT2D eigenvalue weighted by Crippen LogP contribution is 2.32. The lowest BCUT2D eigenvalue weighted by atomic mass is 9.95. The average Bonchev–Trinajstić information content (AvgIpc) is 2.87. The van der Waals surface area contributed by atoms with Crippen molar-refractivity contribution in [1.29, 1.82) is 0 Å². The van der Waals surface area contributed by atoms with E-state index >= 15 is 0 Å². The molecule has 0 spiro atoms. The summed E-state index contributed by atoms with van der Waals surface area (Å²) in [6.45, 7) is 0.752. The molecule has 0 radical (unpaired) electrons. The summed E-state index contributed by atoms with van der Waals surface area (Å²) in [6, 6.07) is 7.96. The van der Waals surface area contributed by atoms with Crippen molar-refractivity contribution in [2.45, 2.75) is 70.3 Å². The van der Waals surface area contributed by atoms with Gasteiger partial charge in [-0.25, -0.2) is 12.8 Å². The lowest BCUT2D eigenvalue weighted by molar-refractivity contribution is -0.140. The summed E-state index contributed by atoms with van der Waals surface area (Å²) in [6.07, 6.45) is 0.918. The van der Waals surface area contributed by atoms with Crippen LogP contribution in [0.2, 0.25) is 0 Å². The summed E-state index contributed by atoms with van der Waals surface area (Å²) < 4.78 is 79.3. The molecule has 1 N–H and O–H groups in total. The standard InChI is InChI=1S/C27H33F4N3O4S/c1-3-24(26(36)32-22-9-5-4-6-10-22)33(17-19-12-14-21(28)15-13-19)25(35)18-34(39(2,37)38)23-11-7-8-20(16-23)27(29,30)31/h7-8,11-16,22,24H,3-6,9-10,17-18H2,1-2H3,(H,32,36)/t24-/m1/s1. The molecule has 2 aromatic rings. The molecule has 2 amide bonds. The molecule has 1 atom stereocenters. The summed E-state index contributed by atoms with van der Waals surface area (Å²) in [5.74, 6) is -1.68. The molecule has 0 heterocycles. The fourth-order valence-corrected chi connectivity index (χ4v) is 5.54. The van der Waals surface area contributed by atoms with Crippen molar-refractivity contribution in [2.24, 2.45) is 0 Å². The molecular weight excluding hydrogens is 538 g/mol. The Morgan fingerprint density at radius 3 is 2.26 bits per heavy atom. The van der Waals surface area contributed by atoms with Crippen molar-refractivity contribution < 1.29 is 35.6 Å². The Bertz CT molecular complexity index is 1250. The predicted octanol–water partition coefficient (Wildman–Crippen LogP) is 4.87. The van der Waals surface area contributed by atoms with E-state index in [9.17, 15) is 35.6 Å². The van der Waals surface area contributed by atoms with Gasteiger partial charge in [-0.15, -0.1) is 0 Å². The number of carbonyl (C=O) groups is 2. The number of benzene rings is 2. The van der Waals surface area contributed by atoms with Gasteiger partial charge in [0.15, 0.2) is 0 Å². The van der Waals surface area contributed by atoms with E-state index in [1.165, 1.54) is 35.2 Å². The minimum atomic E-state index is -4.72. The van der Waals surface area contributed by atoms with Gasteiger partial charge >= 0.3 is 6.18 Å². The molecule has 2 aromatic carbocycles. The number of nitrogens with one attached hydrogen (secondary N) is 1. The van der Waals surface area contributed by atoms with Crippen molar-refractivity contribution in [3.63, 3.8) is 0 Å². The number of amides is 2. The quantitative estimate of drug-likeness (QED) is 0.413. The van der Waals surface area contributed by atoms with Crippen LogP contribution in [0.3, 0.4) is 0 Å². The van der Waals surface area contributed by atoms with Gasteiger partial charge in [0.25, 0.3) is 0 Å². The number of hydrogen-bond donors (Lipinski definition) is 1. The molecule has 7 nitrogen and oxygen atoms in total. The molecule has 0 saturated heterocycles. The molecule has 1 aliphatic carbocycles. The fourth-order valence-electron chi connectivity index (χ4n) is 4.70. The van der Waals surface area contributed by atoms with E-state index < -0.39 is 52.0 Å². The van der Waals surface area contributed by atoms with Crippen LogP contribution in [0.1, 0.15) is 56.6 Å². The molecule has 214 valence electrons. The smallest absolute Gasteiger partial charge is 0.352 e. The summed E-state index contributed by atoms with van der Waals surface area (Å²) in [5, 5.41) is 2.99. The second-order valence-electron chi connectivity index (χ2n) is 9.73. The molecule has 0 aliphatic heterocycles. The summed E-state index contributed by atoms with van der Waals surface area (Å²) in [7, 11) is -4.19. The predicted molar refractivity (Wildman–Crippen MR) is 140 cm³/mol. The Morgan fingerprint density at radius 2 is 1.69 bits per heavy atom. The van der Waals surface area contributed by atoms with Gasteiger partial charge in [0.05, 0.1) is 17.5 Å². The number of hydrogen-bond acceptors (Lipinski definition) is 4. The topological polar surface area (TPSA) is 86.8 Å². The van der Waals surface area contributed by atoms with Gasteiger partial charge in [0, 0.05) is 12.6 Å². The molecule has 1 saturated carbocycles. The van der Waals surface area contributed by atoms with E-state index in [4.69, 9.17) is 0 Å². The second-order valence-corrected chi connectivity index (χ2v) is 11.6. The van der Waals surface area contributed by atoms with Crippen molar-refractivity contribution >= 4 is 27.5 Å². The molecule has 0 bridgehead atoms. The molecule has 12 heteroatoms.